The highest BCUT2D eigenvalue weighted by Crippen LogP contribution is 2.19. The highest BCUT2D eigenvalue weighted by Gasteiger charge is 2.23. The molecule has 1 rings (SSSR count). The number of hydrogen-bond donors (Lipinski definition) is 0. The topological polar surface area (TPSA) is 47.6 Å². The summed E-state index contributed by atoms with van der Waals surface area (Å²) in [4.78, 5) is 0. The predicted octanol–water partition coefficient (Wildman–Crippen LogP) is 2.28. The van der Waals surface area contributed by atoms with Crippen LogP contribution in [0.25, 0.3) is 0 Å². The highest BCUT2D eigenvalue weighted by atomic mass is 14.4. The molecule has 64 valence electrons. The average molecular weight is 170 g/mol. The summed E-state index contributed by atoms with van der Waals surface area (Å²) in [7, 11) is 0. The molecule has 1 aromatic rings. The molecule has 2 heteroatoms. The second-order valence-corrected chi connectivity index (χ2v) is 3.22. The van der Waals surface area contributed by atoms with Crippen LogP contribution in [0.15, 0.2) is 30.3 Å². The maximum atomic E-state index is 8.77. The quantitative estimate of drug-likeness (QED) is 0.683. The van der Waals surface area contributed by atoms with Gasteiger partial charge in [0.2, 0.25) is 0 Å². The van der Waals surface area contributed by atoms with Gasteiger partial charge in [0.05, 0.1) is 12.1 Å². The van der Waals surface area contributed by atoms with Crippen molar-refractivity contribution in [2.24, 2.45) is 5.41 Å². The molecule has 0 aliphatic carbocycles. The number of rotatable bonds is 2. The van der Waals surface area contributed by atoms with E-state index in [1.807, 2.05) is 42.5 Å². The lowest BCUT2D eigenvalue weighted by Crippen LogP contribution is -2.14. The van der Waals surface area contributed by atoms with E-state index in [0.717, 1.165) is 5.56 Å². The fourth-order valence-corrected chi connectivity index (χ4v) is 1.11. The summed E-state index contributed by atoms with van der Waals surface area (Å²) in [5, 5.41) is 17.5. The Kier molecular flexibility index (Phi) is 2.67. The predicted molar refractivity (Wildman–Crippen MR) is 49.5 cm³/mol. The zero-order valence-electron chi connectivity index (χ0n) is 7.49. The van der Waals surface area contributed by atoms with Gasteiger partial charge in [-0.2, -0.15) is 10.5 Å². The molecule has 1 aromatic carbocycles. The maximum Gasteiger partial charge on any atom is 0.145 e. The molecule has 0 N–H and O–H groups in total. The van der Waals surface area contributed by atoms with Crippen LogP contribution in [0, 0.1) is 28.1 Å². The van der Waals surface area contributed by atoms with Crippen LogP contribution in [0.5, 0.6) is 0 Å². The van der Waals surface area contributed by atoms with Gasteiger partial charge < -0.3 is 0 Å². The van der Waals surface area contributed by atoms with Crippen molar-refractivity contribution in [3.05, 3.63) is 35.9 Å². The van der Waals surface area contributed by atoms with E-state index in [0.29, 0.717) is 6.42 Å². The van der Waals surface area contributed by atoms with Gasteiger partial charge >= 0.3 is 0 Å². The third-order valence-electron chi connectivity index (χ3n) is 1.89. The van der Waals surface area contributed by atoms with Gasteiger partial charge in [0, 0.05) is 6.42 Å². The second-order valence-electron chi connectivity index (χ2n) is 3.22. The molecule has 0 aromatic heterocycles. The van der Waals surface area contributed by atoms with E-state index in [1.165, 1.54) is 0 Å². The minimum atomic E-state index is -0.901. The van der Waals surface area contributed by atoms with E-state index in [-0.39, 0.29) is 0 Å². The molecule has 0 amide bonds. The molecule has 0 aliphatic heterocycles. The standard InChI is InChI=1S/C11H10N2/c1-11(8-12,9-13)7-10-5-3-2-4-6-10/h2-6H,7H2,1H3. The first-order valence-electron chi connectivity index (χ1n) is 4.07. The van der Waals surface area contributed by atoms with Crippen molar-refractivity contribution in [1.82, 2.24) is 0 Å². The molecule has 0 saturated heterocycles. The first kappa shape index (κ1) is 9.29. The van der Waals surface area contributed by atoms with Crippen LogP contribution in [0.3, 0.4) is 0 Å². The van der Waals surface area contributed by atoms with Gasteiger partial charge in [-0.15, -0.1) is 0 Å². The van der Waals surface area contributed by atoms with Crippen LogP contribution in [-0.4, -0.2) is 0 Å². The van der Waals surface area contributed by atoms with E-state index < -0.39 is 5.41 Å². The Morgan fingerprint density at radius 2 is 1.69 bits per heavy atom. The van der Waals surface area contributed by atoms with Crippen LogP contribution in [0.2, 0.25) is 0 Å². The summed E-state index contributed by atoms with van der Waals surface area (Å²) < 4.78 is 0. The van der Waals surface area contributed by atoms with E-state index in [2.05, 4.69) is 0 Å². The zero-order chi connectivity index (χ0) is 9.73. The molecule has 0 spiro atoms. The maximum absolute atomic E-state index is 8.77. The summed E-state index contributed by atoms with van der Waals surface area (Å²) in [6.45, 7) is 1.65. The van der Waals surface area contributed by atoms with Crippen molar-refractivity contribution in [2.75, 3.05) is 0 Å². The Bertz CT molecular complexity index is 340. The van der Waals surface area contributed by atoms with Crippen molar-refractivity contribution in [3.63, 3.8) is 0 Å². The van der Waals surface area contributed by atoms with Gasteiger partial charge in [-0.25, -0.2) is 0 Å². The van der Waals surface area contributed by atoms with Crippen molar-refractivity contribution in [2.45, 2.75) is 13.3 Å². The monoisotopic (exact) mass is 170 g/mol. The molecule has 2 nitrogen and oxygen atoms in total. The van der Waals surface area contributed by atoms with E-state index in [9.17, 15) is 0 Å². The van der Waals surface area contributed by atoms with Crippen molar-refractivity contribution < 1.29 is 0 Å². The number of benzene rings is 1. The largest absolute Gasteiger partial charge is 0.197 e. The van der Waals surface area contributed by atoms with Crippen molar-refractivity contribution in [1.29, 1.82) is 10.5 Å². The Labute approximate surface area is 78.0 Å². The molecular formula is C11H10N2. The van der Waals surface area contributed by atoms with Gasteiger partial charge in [-0.05, 0) is 12.5 Å². The average Bonchev–Trinajstić information content (AvgIpc) is 2.19. The highest BCUT2D eigenvalue weighted by molar-refractivity contribution is 5.23. The smallest absolute Gasteiger partial charge is 0.145 e. The molecule has 0 radical (unpaired) electrons. The van der Waals surface area contributed by atoms with E-state index >= 15 is 0 Å². The molecule has 0 saturated carbocycles. The van der Waals surface area contributed by atoms with Crippen molar-refractivity contribution >= 4 is 0 Å². The molecule has 0 fully saturated rings. The number of hydrogen-bond acceptors (Lipinski definition) is 2. The molecule has 0 heterocycles. The lowest BCUT2D eigenvalue weighted by atomic mass is 9.87. The fraction of sp³-hybridized carbons (Fsp3) is 0.273. The van der Waals surface area contributed by atoms with E-state index in [4.69, 9.17) is 10.5 Å². The van der Waals surface area contributed by atoms with Crippen molar-refractivity contribution in [3.8, 4) is 12.1 Å². The van der Waals surface area contributed by atoms with Crippen LogP contribution in [-0.2, 0) is 6.42 Å². The van der Waals surface area contributed by atoms with Crippen LogP contribution >= 0.6 is 0 Å². The Morgan fingerprint density at radius 1 is 1.15 bits per heavy atom. The minimum absolute atomic E-state index is 0.487. The number of nitrogens with zero attached hydrogens (tertiary/aromatic N) is 2. The summed E-state index contributed by atoms with van der Waals surface area (Å²) >= 11 is 0. The molecule has 0 aliphatic rings. The minimum Gasteiger partial charge on any atom is -0.197 e. The Morgan fingerprint density at radius 3 is 2.15 bits per heavy atom. The summed E-state index contributed by atoms with van der Waals surface area (Å²) in [5.41, 5.74) is 0.120. The van der Waals surface area contributed by atoms with Crippen LogP contribution in [0.1, 0.15) is 12.5 Å². The molecule has 0 atom stereocenters. The lowest BCUT2D eigenvalue weighted by molar-refractivity contribution is 0.581. The third kappa shape index (κ3) is 2.32. The lowest BCUT2D eigenvalue weighted by Gasteiger charge is -2.11. The third-order valence-corrected chi connectivity index (χ3v) is 1.89. The SMILES string of the molecule is CC(C#N)(C#N)Cc1ccccc1. The molecule has 0 unspecified atom stereocenters. The van der Waals surface area contributed by atoms with Gasteiger partial charge in [0.1, 0.15) is 5.41 Å². The molecule has 13 heavy (non-hydrogen) atoms. The Balaban J connectivity index is 2.83. The number of nitriles is 2. The van der Waals surface area contributed by atoms with Gasteiger partial charge in [0.15, 0.2) is 0 Å². The van der Waals surface area contributed by atoms with Crippen LogP contribution < -0.4 is 0 Å². The first-order chi connectivity index (χ1) is 6.20. The summed E-state index contributed by atoms with van der Waals surface area (Å²) in [6.07, 6.45) is 0.487. The molecule has 0 bridgehead atoms. The normalized spacial score (nSPS) is 10.1. The van der Waals surface area contributed by atoms with Gasteiger partial charge in [-0.3, -0.25) is 0 Å². The second kappa shape index (κ2) is 3.74. The van der Waals surface area contributed by atoms with Gasteiger partial charge in [-0.1, -0.05) is 30.3 Å². The van der Waals surface area contributed by atoms with Crippen LogP contribution in [0.4, 0.5) is 0 Å². The zero-order valence-corrected chi connectivity index (χ0v) is 7.49. The molecular weight excluding hydrogens is 160 g/mol. The fourth-order valence-electron chi connectivity index (χ4n) is 1.11. The first-order valence-corrected chi connectivity index (χ1v) is 4.07. The van der Waals surface area contributed by atoms with Gasteiger partial charge in [0.25, 0.3) is 0 Å². The summed E-state index contributed by atoms with van der Waals surface area (Å²) in [5.74, 6) is 0. The summed E-state index contributed by atoms with van der Waals surface area (Å²) in [6, 6.07) is 13.6. The Hall–Kier alpha value is -1.80. The van der Waals surface area contributed by atoms with E-state index in [1.54, 1.807) is 6.92 Å².